The third-order valence-corrected chi connectivity index (χ3v) is 8.41. The summed E-state index contributed by atoms with van der Waals surface area (Å²) >= 11 is 0. The van der Waals surface area contributed by atoms with Gasteiger partial charge in [0.15, 0.2) is 0 Å². The fraction of sp³-hybridized carbons (Fsp3) is 0.417. The molecule has 0 unspecified atom stereocenters. The molecule has 0 bridgehead atoms. The van der Waals surface area contributed by atoms with Crippen LogP contribution in [0.2, 0.25) is 0 Å². The molecule has 2 N–H and O–H groups in total. The molecule has 0 radical (unpaired) electrons. The number of nitrogens with one attached hydrogen (secondary N) is 1. The summed E-state index contributed by atoms with van der Waals surface area (Å²) in [5, 5.41) is 12.5. The van der Waals surface area contributed by atoms with Crippen LogP contribution in [0.25, 0.3) is 12.2 Å². The highest BCUT2D eigenvalue weighted by atomic mass is 16.5. The number of aromatic nitrogens is 1. The molecule has 0 saturated heterocycles. The average molecular weight is 585 g/mol. The van der Waals surface area contributed by atoms with Crippen molar-refractivity contribution in [2.75, 3.05) is 11.9 Å². The first kappa shape index (κ1) is 31.8. The number of hydrogen-bond acceptors (Lipinski definition) is 5. The first-order chi connectivity index (χ1) is 20.8. The first-order valence-electron chi connectivity index (χ1n) is 15.5. The Morgan fingerprint density at radius 3 is 2.47 bits per heavy atom. The summed E-state index contributed by atoms with van der Waals surface area (Å²) in [5.41, 5.74) is 3.62. The molecule has 2 aromatic carbocycles. The predicted octanol–water partition coefficient (Wildman–Crippen LogP) is 8.11. The zero-order valence-corrected chi connectivity index (χ0v) is 25.6. The van der Waals surface area contributed by atoms with E-state index in [-0.39, 0.29) is 12.3 Å². The van der Waals surface area contributed by atoms with Crippen LogP contribution in [0.5, 0.6) is 11.6 Å². The molecule has 1 amide bonds. The number of aliphatic carboxylic acids is 1. The van der Waals surface area contributed by atoms with Gasteiger partial charge in [-0.05, 0) is 105 Å². The van der Waals surface area contributed by atoms with Gasteiger partial charge in [0, 0.05) is 18.2 Å². The number of pyridine rings is 1. The van der Waals surface area contributed by atoms with E-state index >= 15 is 0 Å². The molecule has 1 heterocycles. The van der Waals surface area contributed by atoms with Gasteiger partial charge < -0.3 is 19.9 Å². The molecule has 0 aliphatic heterocycles. The van der Waals surface area contributed by atoms with Crippen molar-refractivity contribution in [3.8, 4) is 11.6 Å². The van der Waals surface area contributed by atoms with Crippen molar-refractivity contribution in [2.45, 2.75) is 84.7 Å². The van der Waals surface area contributed by atoms with Crippen LogP contribution in [0.3, 0.4) is 0 Å². The van der Waals surface area contributed by atoms with E-state index in [2.05, 4.69) is 34.6 Å². The molecule has 1 saturated carbocycles. The van der Waals surface area contributed by atoms with Crippen LogP contribution in [0.1, 0.15) is 87.6 Å². The summed E-state index contributed by atoms with van der Waals surface area (Å²) in [4.78, 5) is 29.1. The van der Waals surface area contributed by atoms with Crippen LogP contribution in [-0.2, 0) is 16.0 Å². The van der Waals surface area contributed by atoms with Gasteiger partial charge in [-0.1, -0.05) is 50.3 Å². The van der Waals surface area contributed by atoms with Crippen molar-refractivity contribution in [1.82, 2.24) is 4.98 Å². The van der Waals surface area contributed by atoms with Crippen molar-refractivity contribution < 1.29 is 24.2 Å². The third-order valence-electron chi connectivity index (χ3n) is 8.41. The van der Waals surface area contributed by atoms with Gasteiger partial charge in [0.25, 0.3) is 0 Å². The number of carboxylic acid groups (broad SMARTS) is 1. The van der Waals surface area contributed by atoms with E-state index in [1.165, 1.54) is 24.8 Å². The highest BCUT2D eigenvalue weighted by molar-refractivity contribution is 5.94. The number of carbonyl (C=O) groups excluding carboxylic acids is 1. The molecule has 4 rings (SSSR count). The zero-order valence-electron chi connectivity index (χ0n) is 25.6. The largest absolute Gasteiger partial charge is 0.490 e. The fourth-order valence-electron chi connectivity index (χ4n) is 5.08. The van der Waals surface area contributed by atoms with Gasteiger partial charge in [-0.15, -0.1) is 0 Å². The summed E-state index contributed by atoms with van der Waals surface area (Å²) in [6.07, 6.45) is 11.6. The Morgan fingerprint density at radius 2 is 1.79 bits per heavy atom. The molecule has 7 heteroatoms. The van der Waals surface area contributed by atoms with Crippen LogP contribution in [0.4, 0.5) is 5.69 Å². The Balaban J connectivity index is 1.25. The maximum atomic E-state index is 12.7. The molecule has 43 heavy (non-hydrogen) atoms. The number of unbranched alkanes of at least 4 members (excludes halogenated alkanes) is 1. The Labute approximate surface area is 255 Å². The Morgan fingerprint density at radius 1 is 1.02 bits per heavy atom. The maximum Gasteiger partial charge on any atom is 0.310 e. The number of rotatable bonds is 16. The van der Waals surface area contributed by atoms with Crippen molar-refractivity contribution in [1.29, 1.82) is 0 Å². The molecule has 228 valence electrons. The van der Waals surface area contributed by atoms with Crippen molar-refractivity contribution in [3.05, 3.63) is 83.0 Å². The molecule has 3 aromatic rings. The van der Waals surface area contributed by atoms with Crippen molar-refractivity contribution in [3.63, 3.8) is 0 Å². The SMILES string of the molecule is CCC(CC)(CC(=O)Nc1cccc(/C=C/c2nc(OCCCCc3ccc(OC4CCC4)cc3)ccc2C)c1)C(=O)O. The summed E-state index contributed by atoms with van der Waals surface area (Å²) in [6.45, 7) is 6.22. The van der Waals surface area contributed by atoms with Crippen LogP contribution in [-0.4, -0.2) is 34.7 Å². The van der Waals surface area contributed by atoms with Gasteiger partial charge in [0.2, 0.25) is 11.8 Å². The summed E-state index contributed by atoms with van der Waals surface area (Å²) in [6, 6.07) is 19.8. The van der Waals surface area contributed by atoms with Crippen molar-refractivity contribution in [2.24, 2.45) is 5.41 Å². The molecule has 0 spiro atoms. The normalized spacial score (nSPS) is 13.5. The molecule has 1 fully saturated rings. The lowest BCUT2D eigenvalue weighted by Crippen LogP contribution is -2.34. The number of aryl methyl sites for hydroxylation is 2. The summed E-state index contributed by atoms with van der Waals surface area (Å²) in [5.74, 6) is 0.322. The van der Waals surface area contributed by atoms with Gasteiger partial charge >= 0.3 is 5.97 Å². The van der Waals surface area contributed by atoms with Gasteiger partial charge in [0.05, 0.1) is 23.8 Å². The van der Waals surface area contributed by atoms with Gasteiger partial charge in [-0.25, -0.2) is 4.98 Å². The predicted molar refractivity (Wildman–Crippen MR) is 171 cm³/mol. The summed E-state index contributed by atoms with van der Waals surface area (Å²) < 4.78 is 11.9. The topological polar surface area (TPSA) is 97.8 Å². The van der Waals surface area contributed by atoms with E-state index in [1.807, 2.05) is 49.4 Å². The number of carboxylic acids is 1. The molecule has 1 aromatic heterocycles. The number of ether oxygens (including phenoxy) is 2. The Bertz CT molecular complexity index is 1390. The smallest absolute Gasteiger partial charge is 0.310 e. The number of amides is 1. The second-order valence-electron chi connectivity index (χ2n) is 11.4. The third kappa shape index (κ3) is 9.18. The van der Waals surface area contributed by atoms with E-state index in [9.17, 15) is 14.7 Å². The highest BCUT2D eigenvalue weighted by Gasteiger charge is 2.37. The van der Waals surface area contributed by atoms with E-state index in [1.54, 1.807) is 19.9 Å². The highest BCUT2D eigenvalue weighted by Crippen LogP contribution is 2.31. The second-order valence-corrected chi connectivity index (χ2v) is 11.4. The standard InChI is InChI=1S/C36H44N2O5/c1-4-36(5-2,35(40)41)25-33(39)37-29-12-8-11-28(24-29)18-21-32-26(3)15-22-34(38-32)42-23-7-6-10-27-16-19-31(20-17-27)43-30-13-9-14-30/h8,11-12,15-22,24,30H,4-7,9-10,13-14,23,25H2,1-3H3,(H,37,39)(H,40,41)/b21-18+. The van der Waals surface area contributed by atoms with Crippen LogP contribution >= 0.6 is 0 Å². The number of nitrogens with zero attached hydrogens (tertiary/aromatic N) is 1. The molecule has 1 aliphatic carbocycles. The van der Waals surface area contributed by atoms with Crippen molar-refractivity contribution >= 4 is 29.7 Å². The van der Waals surface area contributed by atoms with Crippen LogP contribution in [0, 0.1) is 12.3 Å². The van der Waals surface area contributed by atoms with Crippen LogP contribution < -0.4 is 14.8 Å². The lowest BCUT2D eigenvalue weighted by molar-refractivity contribution is -0.151. The Hall–Kier alpha value is -4.13. The van der Waals surface area contributed by atoms with Gasteiger partial charge in [-0.2, -0.15) is 0 Å². The van der Waals surface area contributed by atoms with E-state index in [4.69, 9.17) is 9.47 Å². The van der Waals surface area contributed by atoms with E-state index in [0.29, 0.717) is 37.1 Å². The fourth-order valence-corrected chi connectivity index (χ4v) is 5.08. The zero-order chi connectivity index (χ0) is 30.7. The second kappa shape index (κ2) is 15.4. The lowest BCUT2D eigenvalue weighted by Gasteiger charge is -2.26. The number of carbonyl (C=O) groups is 2. The van der Waals surface area contributed by atoms with Crippen LogP contribution in [0.15, 0.2) is 60.7 Å². The minimum Gasteiger partial charge on any atom is -0.490 e. The monoisotopic (exact) mass is 584 g/mol. The number of anilines is 1. The summed E-state index contributed by atoms with van der Waals surface area (Å²) in [7, 11) is 0. The minimum atomic E-state index is -1.05. The molecular weight excluding hydrogens is 540 g/mol. The first-order valence-corrected chi connectivity index (χ1v) is 15.5. The van der Waals surface area contributed by atoms with Gasteiger partial charge in [0.1, 0.15) is 5.75 Å². The number of benzene rings is 2. The van der Waals surface area contributed by atoms with E-state index < -0.39 is 11.4 Å². The molecule has 7 nitrogen and oxygen atoms in total. The van der Waals surface area contributed by atoms with Gasteiger partial charge in [-0.3, -0.25) is 9.59 Å². The lowest BCUT2D eigenvalue weighted by atomic mass is 9.79. The molecule has 0 atom stereocenters. The maximum absolute atomic E-state index is 12.7. The molecular formula is C36H44N2O5. The number of hydrogen-bond donors (Lipinski definition) is 2. The van der Waals surface area contributed by atoms with E-state index in [0.717, 1.165) is 41.8 Å². The Kier molecular flexibility index (Phi) is 11.4. The minimum absolute atomic E-state index is 0.0613. The average Bonchev–Trinajstić information content (AvgIpc) is 2.98. The quantitative estimate of drug-likeness (QED) is 0.165. The molecule has 1 aliphatic rings.